The number of rotatable bonds is 3. The predicted molar refractivity (Wildman–Crippen MR) is 53.2 cm³/mol. The van der Waals surface area contributed by atoms with Crippen molar-refractivity contribution in [2.45, 2.75) is 19.8 Å². The summed E-state index contributed by atoms with van der Waals surface area (Å²) < 4.78 is 18.3. The van der Waals surface area contributed by atoms with E-state index in [-0.39, 0.29) is 24.1 Å². The van der Waals surface area contributed by atoms with E-state index in [9.17, 15) is 4.39 Å². The van der Waals surface area contributed by atoms with Gasteiger partial charge in [-0.3, -0.25) is 0 Å². The van der Waals surface area contributed by atoms with Gasteiger partial charge in [-0.05, 0) is 24.1 Å². The van der Waals surface area contributed by atoms with Crippen LogP contribution >= 0.6 is 0 Å². The van der Waals surface area contributed by atoms with Gasteiger partial charge in [-0.2, -0.15) is 0 Å². The topological polar surface area (TPSA) is 29.5 Å². The number of aryl methyl sites for hydroxylation is 1. The molecule has 0 amide bonds. The third-order valence-corrected chi connectivity index (χ3v) is 2.31. The van der Waals surface area contributed by atoms with Gasteiger partial charge in [0.15, 0.2) is 11.6 Å². The van der Waals surface area contributed by atoms with E-state index in [0.717, 1.165) is 5.56 Å². The van der Waals surface area contributed by atoms with E-state index in [1.807, 2.05) is 6.92 Å². The smallest absolute Gasteiger partial charge is 0.167 e. The molecule has 0 aromatic heterocycles. The zero-order valence-electron chi connectivity index (χ0n) is 8.67. The van der Waals surface area contributed by atoms with E-state index in [1.54, 1.807) is 19.1 Å². The fourth-order valence-electron chi connectivity index (χ4n) is 1.30. The molecule has 0 heterocycles. The summed E-state index contributed by atoms with van der Waals surface area (Å²) in [7, 11) is 1.44. The number of hydrogen-bond acceptors (Lipinski definition) is 2. The highest BCUT2D eigenvalue weighted by molar-refractivity contribution is 5.37. The van der Waals surface area contributed by atoms with E-state index in [1.165, 1.54) is 7.11 Å². The summed E-state index contributed by atoms with van der Waals surface area (Å²) in [6.07, 6.45) is 0. The minimum absolute atomic E-state index is 0.00296. The summed E-state index contributed by atoms with van der Waals surface area (Å²) >= 11 is 0. The lowest BCUT2D eigenvalue weighted by Gasteiger charge is -2.12. The highest BCUT2D eigenvalue weighted by Crippen LogP contribution is 2.26. The van der Waals surface area contributed by atoms with Crippen molar-refractivity contribution in [1.82, 2.24) is 0 Å². The minimum Gasteiger partial charge on any atom is -0.494 e. The standard InChI is InChI=1S/C11H15FO2/c1-7-4-9(8(2)6-13)5-10(14-3)11(7)12/h4-5,8,13H,6H2,1-3H3. The molecule has 1 N–H and O–H groups in total. The van der Waals surface area contributed by atoms with Crippen molar-refractivity contribution in [3.63, 3.8) is 0 Å². The van der Waals surface area contributed by atoms with Crippen LogP contribution in [0.1, 0.15) is 24.0 Å². The van der Waals surface area contributed by atoms with Crippen LogP contribution in [0.2, 0.25) is 0 Å². The normalized spacial score (nSPS) is 12.6. The van der Waals surface area contributed by atoms with Crippen LogP contribution in [0.15, 0.2) is 12.1 Å². The molecule has 1 aromatic carbocycles. The SMILES string of the molecule is COc1cc(C(C)CO)cc(C)c1F. The number of aliphatic hydroxyl groups excluding tert-OH is 1. The van der Waals surface area contributed by atoms with Crippen molar-refractivity contribution in [3.05, 3.63) is 29.1 Å². The molecule has 0 saturated heterocycles. The average Bonchev–Trinajstić information content (AvgIpc) is 2.20. The third-order valence-electron chi connectivity index (χ3n) is 2.31. The fourth-order valence-corrected chi connectivity index (χ4v) is 1.30. The predicted octanol–water partition coefficient (Wildman–Crippen LogP) is 2.24. The third kappa shape index (κ3) is 2.04. The van der Waals surface area contributed by atoms with Gasteiger partial charge in [0, 0.05) is 12.5 Å². The number of halogens is 1. The van der Waals surface area contributed by atoms with Crippen molar-refractivity contribution in [3.8, 4) is 5.75 Å². The van der Waals surface area contributed by atoms with Gasteiger partial charge in [0.1, 0.15) is 0 Å². The van der Waals surface area contributed by atoms with Gasteiger partial charge in [-0.1, -0.05) is 13.0 Å². The van der Waals surface area contributed by atoms with Gasteiger partial charge < -0.3 is 9.84 Å². The molecule has 1 aromatic rings. The van der Waals surface area contributed by atoms with Crippen LogP contribution in [0.4, 0.5) is 4.39 Å². The van der Waals surface area contributed by atoms with Crippen molar-refractivity contribution >= 4 is 0 Å². The molecule has 1 rings (SSSR count). The maximum atomic E-state index is 13.4. The summed E-state index contributed by atoms with van der Waals surface area (Å²) in [5.41, 5.74) is 1.43. The van der Waals surface area contributed by atoms with Crippen LogP contribution in [0, 0.1) is 12.7 Å². The Morgan fingerprint density at radius 2 is 2.14 bits per heavy atom. The molecule has 0 saturated carbocycles. The van der Waals surface area contributed by atoms with Gasteiger partial charge >= 0.3 is 0 Å². The molecule has 0 fully saturated rings. The Morgan fingerprint density at radius 3 is 2.64 bits per heavy atom. The molecule has 0 radical (unpaired) electrons. The molecular formula is C11H15FO2. The van der Waals surface area contributed by atoms with Crippen LogP contribution in [-0.2, 0) is 0 Å². The molecule has 14 heavy (non-hydrogen) atoms. The van der Waals surface area contributed by atoms with E-state index < -0.39 is 0 Å². The number of benzene rings is 1. The summed E-state index contributed by atoms with van der Waals surface area (Å²) in [4.78, 5) is 0. The Labute approximate surface area is 83.3 Å². The molecule has 2 nitrogen and oxygen atoms in total. The van der Waals surface area contributed by atoms with E-state index in [4.69, 9.17) is 9.84 Å². The second-order valence-electron chi connectivity index (χ2n) is 3.44. The van der Waals surface area contributed by atoms with Crippen molar-refractivity contribution in [1.29, 1.82) is 0 Å². The molecule has 0 bridgehead atoms. The highest BCUT2D eigenvalue weighted by atomic mass is 19.1. The lowest BCUT2D eigenvalue weighted by molar-refractivity contribution is 0.272. The largest absolute Gasteiger partial charge is 0.494 e. The molecular weight excluding hydrogens is 183 g/mol. The van der Waals surface area contributed by atoms with Crippen LogP contribution in [0.5, 0.6) is 5.75 Å². The van der Waals surface area contributed by atoms with Crippen molar-refractivity contribution in [2.75, 3.05) is 13.7 Å². The molecule has 1 unspecified atom stereocenters. The van der Waals surface area contributed by atoms with Gasteiger partial charge in [0.2, 0.25) is 0 Å². The van der Waals surface area contributed by atoms with Crippen LogP contribution in [0.3, 0.4) is 0 Å². The first-order valence-electron chi connectivity index (χ1n) is 4.55. The molecule has 0 aliphatic carbocycles. The summed E-state index contributed by atoms with van der Waals surface area (Å²) in [5.74, 6) is -0.0927. The van der Waals surface area contributed by atoms with Gasteiger partial charge in [-0.15, -0.1) is 0 Å². The first-order chi connectivity index (χ1) is 6.60. The molecule has 0 aliphatic rings. The highest BCUT2D eigenvalue weighted by Gasteiger charge is 2.11. The number of hydrogen-bond donors (Lipinski definition) is 1. The summed E-state index contributed by atoms with van der Waals surface area (Å²) in [6.45, 7) is 3.62. The Bertz CT molecular complexity index is 323. The summed E-state index contributed by atoms with van der Waals surface area (Å²) in [5, 5.41) is 8.98. The maximum absolute atomic E-state index is 13.4. The van der Waals surface area contributed by atoms with Crippen LogP contribution in [0.25, 0.3) is 0 Å². The first-order valence-corrected chi connectivity index (χ1v) is 4.55. The maximum Gasteiger partial charge on any atom is 0.167 e. The lowest BCUT2D eigenvalue weighted by atomic mass is 9.99. The van der Waals surface area contributed by atoms with E-state index >= 15 is 0 Å². The van der Waals surface area contributed by atoms with Crippen molar-refractivity contribution in [2.24, 2.45) is 0 Å². The van der Waals surface area contributed by atoms with Gasteiger partial charge in [-0.25, -0.2) is 4.39 Å². The average molecular weight is 198 g/mol. The van der Waals surface area contributed by atoms with Gasteiger partial charge in [0.25, 0.3) is 0 Å². The Balaban J connectivity index is 3.16. The second-order valence-corrected chi connectivity index (χ2v) is 3.44. The zero-order valence-corrected chi connectivity index (χ0v) is 8.67. The molecule has 3 heteroatoms. The molecule has 0 aliphatic heterocycles. The Morgan fingerprint density at radius 1 is 1.50 bits per heavy atom. The lowest BCUT2D eigenvalue weighted by Crippen LogP contribution is -2.01. The van der Waals surface area contributed by atoms with Gasteiger partial charge in [0.05, 0.1) is 7.11 Å². The van der Waals surface area contributed by atoms with Crippen molar-refractivity contribution < 1.29 is 14.2 Å². The monoisotopic (exact) mass is 198 g/mol. The Hall–Kier alpha value is -1.09. The van der Waals surface area contributed by atoms with Crippen LogP contribution < -0.4 is 4.74 Å². The van der Waals surface area contributed by atoms with Crippen LogP contribution in [-0.4, -0.2) is 18.8 Å². The van der Waals surface area contributed by atoms with E-state index in [2.05, 4.69) is 0 Å². The first kappa shape index (κ1) is 11.0. The minimum atomic E-state index is -0.332. The second kappa shape index (κ2) is 4.42. The molecule has 1 atom stereocenters. The van der Waals surface area contributed by atoms with E-state index in [0.29, 0.717) is 5.56 Å². The fraction of sp³-hybridized carbons (Fsp3) is 0.455. The molecule has 78 valence electrons. The quantitative estimate of drug-likeness (QED) is 0.807. The molecule has 0 spiro atoms. The number of methoxy groups -OCH3 is 1. The number of aliphatic hydroxyl groups is 1. The zero-order chi connectivity index (χ0) is 10.7. The summed E-state index contributed by atoms with van der Waals surface area (Å²) in [6, 6.07) is 3.36. The number of ether oxygens (including phenoxy) is 1. The Kier molecular flexibility index (Phi) is 3.47.